The SMILES string of the molecule is CCc1cc(O)ccc1-c1cc2[nH]ncc2c(N2CCc3cc(F)ccc3C2)n1.O=CO. The monoisotopic (exact) mass is 434 g/mol. The first kappa shape index (κ1) is 21.3. The number of H-pyrrole nitrogens is 1. The molecule has 164 valence electrons. The second kappa shape index (κ2) is 9.05. The summed E-state index contributed by atoms with van der Waals surface area (Å²) in [5.74, 6) is 0.943. The second-order valence-corrected chi connectivity index (χ2v) is 7.55. The third kappa shape index (κ3) is 4.12. The molecule has 2 aromatic heterocycles. The van der Waals surface area contributed by atoms with E-state index in [4.69, 9.17) is 14.9 Å². The molecule has 1 aliphatic rings. The lowest BCUT2D eigenvalue weighted by Gasteiger charge is -2.30. The van der Waals surface area contributed by atoms with Crippen LogP contribution in [-0.2, 0) is 24.2 Å². The van der Waals surface area contributed by atoms with Crippen molar-refractivity contribution >= 4 is 23.2 Å². The molecule has 8 heteroatoms. The molecule has 2 aromatic carbocycles. The third-order valence-corrected chi connectivity index (χ3v) is 5.64. The molecule has 7 nitrogen and oxygen atoms in total. The lowest BCUT2D eigenvalue weighted by molar-refractivity contribution is -0.122. The maximum atomic E-state index is 13.6. The van der Waals surface area contributed by atoms with Gasteiger partial charge in [0.2, 0.25) is 0 Å². The van der Waals surface area contributed by atoms with Crippen LogP contribution in [0.2, 0.25) is 0 Å². The summed E-state index contributed by atoms with van der Waals surface area (Å²) in [5, 5.41) is 25.0. The predicted octanol–water partition coefficient (Wildman–Crippen LogP) is 4.30. The van der Waals surface area contributed by atoms with E-state index in [1.54, 1.807) is 24.4 Å². The topological polar surface area (TPSA) is 102 Å². The van der Waals surface area contributed by atoms with Crippen LogP contribution in [0.3, 0.4) is 0 Å². The molecule has 0 saturated carbocycles. The second-order valence-electron chi connectivity index (χ2n) is 7.55. The highest BCUT2D eigenvalue weighted by Crippen LogP contribution is 2.34. The van der Waals surface area contributed by atoms with Crippen molar-refractivity contribution in [3.05, 3.63) is 71.2 Å². The van der Waals surface area contributed by atoms with Gasteiger partial charge in [0.05, 0.1) is 22.8 Å². The van der Waals surface area contributed by atoms with Gasteiger partial charge in [-0.15, -0.1) is 0 Å². The molecule has 3 heterocycles. The highest BCUT2D eigenvalue weighted by atomic mass is 19.1. The molecule has 32 heavy (non-hydrogen) atoms. The number of halogens is 1. The molecule has 0 bridgehead atoms. The summed E-state index contributed by atoms with van der Waals surface area (Å²) in [6, 6.07) is 12.4. The standard InChI is InChI=1S/C23H21FN4O.CH2O2/c1-2-14-10-18(29)5-6-19(14)21-11-22-20(12-25-27-22)23(26-21)28-8-7-15-9-17(24)4-3-16(15)13-28;2-1-3/h3-6,9-12,29H,2,7-8,13H2,1H3,(H,25,27);1H,(H,2,3). The Morgan fingerprint density at radius 1 is 1.19 bits per heavy atom. The Morgan fingerprint density at radius 3 is 2.78 bits per heavy atom. The van der Waals surface area contributed by atoms with Gasteiger partial charge >= 0.3 is 0 Å². The van der Waals surface area contributed by atoms with Gasteiger partial charge in [-0.2, -0.15) is 5.10 Å². The molecule has 0 amide bonds. The largest absolute Gasteiger partial charge is 0.508 e. The fourth-order valence-corrected chi connectivity index (χ4v) is 4.13. The van der Waals surface area contributed by atoms with Crippen LogP contribution < -0.4 is 4.90 Å². The maximum Gasteiger partial charge on any atom is 0.290 e. The number of aromatic amines is 1. The minimum absolute atomic E-state index is 0.186. The van der Waals surface area contributed by atoms with Gasteiger partial charge in [0, 0.05) is 18.7 Å². The molecule has 0 unspecified atom stereocenters. The number of aromatic nitrogens is 3. The van der Waals surface area contributed by atoms with Crippen molar-refractivity contribution in [3.63, 3.8) is 0 Å². The number of phenols is 1. The zero-order valence-electron chi connectivity index (χ0n) is 17.5. The van der Waals surface area contributed by atoms with Crippen LogP contribution in [0.25, 0.3) is 22.2 Å². The fourth-order valence-electron chi connectivity index (χ4n) is 4.13. The lowest BCUT2D eigenvalue weighted by atomic mass is 9.99. The zero-order chi connectivity index (χ0) is 22.7. The van der Waals surface area contributed by atoms with E-state index in [-0.39, 0.29) is 18.0 Å². The number of rotatable bonds is 3. The molecule has 3 N–H and O–H groups in total. The van der Waals surface area contributed by atoms with Gasteiger partial charge in [-0.3, -0.25) is 9.89 Å². The summed E-state index contributed by atoms with van der Waals surface area (Å²) >= 11 is 0. The summed E-state index contributed by atoms with van der Waals surface area (Å²) in [5.41, 5.74) is 6.00. The number of phenolic OH excluding ortho intramolecular Hbond substituents is 1. The van der Waals surface area contributed by atoms with E-state index in [9.17, 15) is 9.50 Å². The first-order valence-corrected chi connectivity index (χ1v) is 10.3. The van der Waals surface area contributed by atoms with Crippen molar-refractivity contribution in [1.82, 2.24) is 15.2 Å². The quantitative estimate of drug-likeness (QED) is 0.416. The first-order valence-electron chi connectivity index (χ1n) is 10.3. The Balaban J connectivity index is 0.000000775. The minimum Gasteiger partial charge on any atom is -0.508 e. The number of carboxylic acid groups (broad SMARTS) is 1. The number of benzene rings is 2. The van der Waals surface area contributed by atoms with E-state index in [1.807, 2.05) is 18.2 Å². The van der Waals surface area contributed by atoms with Gasteiger partial charge < -0.3 is 15.1 Å². The smallest absolute Gasteiger partial charge is 0.290 e. The fraction of sp³-hybridized carbons (Fsp3) is 0.208. The van der Waals surface area contributed by atoms with Crippen molar-refractivity contribution in [2.75, 3.05) is 11.4 Å². The molecule has 0 atom stereocenters. The number of aromatic hydroxyl groups is 1. The Morgan fingerprint density at radius 2 is 2.00 bits per heavy atom. The van der Waals surface area contributed by atoms with Crippen LogP contribution >= 0.6 is 0 Å². The van der Waals surface area contributed by atoms with E-state index < -0.39 is 0 Å². The van der Waals surface area contributed by atoms with Gasteiger partial charge in [0.25, 0.3) is 6.47 Å². The lowest BCUT2D eigenvalue weighted by Crippen LogP contribution is -2.31. The highest BCUT2D eigenvalue weighted by Gasteiger charge is 2.22. The molecular weight excluding hydrogens is 411 g/mol. The number of pyridine rings is 1. The highest BCUT2D eigenvalue weighted by molar-refractivity contribution is 5.92. The number of anilines is 1. The van der Waals surface area contributed by atoms with Crippen molar-refractivity contribution in [3.8, 4) is 17.0 Å². The van der Waals surface area contributed by atoms with Crippen LogP contribution in [0.15, 0.2) is 48.7 Å². The summed E-state index contributed by atoms with van der Waals surface area (Å²) in [6.45, 7) is 3.26. The van der Waals surface area contributed by atoms with Crippen molar-refractivity contribution < 1.29 is 19.4 Å². The number of nitrogens with one attached hydrogen (secondary N) is 1. The molecule has 0 saturated heterocycles. The van der Waals surface area contributed by atoms with E-state index >= 15 is 0 Å². The van der Waals surface area contributed by atoms with Crippen LogP contribution in [0, 0.1) is 5.82 Å². The molecule has 0 fully saturated rings. The molecule has 0 spiro atoms. The normalized spacial score (nSPS) is 12.8. The molecular formula is C24H23FN4O3. The number of hydrogen-bond acceptors (Lipinski definition) is 5. The number of nitrogens with zero attached hydrogens (tertiary/aromatic N) is 3. The first-order chi connectivity index (χ1) is 15.5. The van der Waals surface area contributed by atoms with E-state index in [2.05, 4.69) is 22.0 Å². The summed E-state index contributed by atoms with van der Waals surface area (Å²) in [7, 11) is 0. The van der Waals surface area contributed by atoms with E-state index in [0.29, 0.717) is 6.54 Å². The average molecular weight is 434 g/mol. The summed E-state index contributed by atoms with van der Waals surface area (Å²) < 4.78 is 13.6. The minimum atomic E-state index is -0.250. The Kier molecular flexibility index (Phi) is 6.02. The number of hydrogen-bond donors (Lipinski definition) is 3. The molecule has 5 rings (SSSR count). The molecule has 0 aliphatic carbocycles. The van der Waals surface area contributed by atoms with Crippen molar-refractivity contribution in [2.45, 2.75) is 26.3 Å². The number of fused-ring (bicyclic) bond motifs is 2. The van der Waals surface area contributed by atoms with Crippen LogP contribution in [-0.4, -0.2) is 38.4 Å². The summed E-state index contributed by atoms with van der Waals surface area (Å²) in [4.78, 5) is 15.6. The van der Waals surface area contributed by atoms with Gasteiger partial charge in [0.1, 0.15) is 17.4 Å². The van der Waals surface area contributed by atoms with Crippen LogP contribution in [0.1, 0.15) is 23.6 Å². The van der Waals surface area contributed by atoms with Gasteiger partial charge in [-0.1, -0.05) is 13.0 Å². The van der Waals surface area contributed by atoms with E-state index in [0.717, 1.165) is 64.1 Å². The zero-order valence-corrected chi connectivity index (χ0v) is 17.5. The van der Waals surface area contributed by atoms with Gasteiger partial charge in [-0.05, 0) is 65.9 Å². The molecule has 0 radical (unpaired) electrons. The predicted molar refractivity (Wildman–Crippen MR) is 120 cm³/mol. The molecule has 4 aromatic rings. The van der Waals surface area contributed by atoms with Gasteiger partial charge in [0.15, 0.2) is 0 Å². The Labute approximate surface area is 184 Å². The average Bonchev–Trinajstić information content (AvgIpc) is 3.27. The third-order valence-electron chi connectivity index (χ3n) is 5.64. The van der Waals surface area contributed by atoms with Crippen LogP contribution in [0.5, 0.6) is 5.75 Å². The Bertz CT molecular complexity index is 1270. The summed E-state index contributed by atoms with van der Waals surface area (Å²) in [6.07, 6.45) is 3.38. The van der Waals surface area contributed by atoms with Crippen molar-refractivity contribution in [2.24, 2.45) is 0 Å². The van der Waals surface area contributed by atoms with Crippen molar-refractivity contribution in [1.29, 1.82) is 0 Å². The number of carbonyl (C=O) groups is 1. The van der Waals surface area contributed by atoms with Gasteiger partial charge in [-0.25, -0.2) is 9.37 Å². The van der Waals surface area contributed by atoms with Crippen LogP contribution in [0.4, 0.5) is 10.2 Å². The molecule has 1 aliphatic heterocycles. The maximum absolute atomic E-state index is 13.6. The number of aryl methyl sites for hydroxylation is 1. The van der Waals surface area contributed by atoms with E-state index in [1.165, 1.54) is 6.07 Å². The Hall–Kier alpha value is -3.94.